The summed E-state index contributed by atoms with van der Waals surface area (Å²) in [6.07, 6.45) is 1.19. The first-order chi connectivity index (χ1) is 11.6. The number of hydrogen-bond donors (Lipinski definition) is 1. The Labute approximate surface area is 147 Å². The van der Waals surface area contributed by atoms with Crippen molar-refractivity contribution in [2.24, 2.45) is 0 Å². The lowest BCUT2D eigenvalue weighted by Crippen LogP contribution is -2.36. The standard InChI is InChI=1S/C19H22ClNO3/c1-14(24-18-7-3-6-16(20)13-18)19(22)21-12-4-5-15-8-10-17(23-2)11-9-15/h3,6-11,13-14H,4-5,12H2,1-2H3,(H,21,22)/t14-/m1/s1. The Morgan fingerprint density at radius 1 is 1.17 bits per heavy atom. The van der Waals surface area contributed by atoms with Gasteiger partial charge in [0.2, 0.25) is 0 Å². The molecule has 24 heavy (non-hydrogen) atoms. The number of methoxy groups -OCH3 is 1. The summed E-state index contributed by atoms with van der Waals surface area (Å²) in [5.41, 5.74) is 1.22. The number of hydrogen-bond acceptors (Lipinski definition) is 3. The normalized spacial score (nSPS) is 11.6. The zero-order valence-electron chi connectivity index (χ0n) is 13.9. The van der Waals surface area contributed by atoms with Gasteiger partial charge in [-0.15, -0.1) is 0 Å². The number of aryl methyl sites for hydroxylation is 1. The van der Waals surface area contributed by atoms with Gasteiger partial charge in [-0.25, -0.2) is 0 Å². The van der Waals surface area contributed by atoms with Gasteiger partial charge in [0.1, 0.15) is 11.5 Å². The highest BCUT2D eigenvalue weighted by Gasteiger charge is 2.14. The fourth-order valence-electron chi connectivity index (χ4n) is 2.24. The molecule has 1 atom stereocenters. The van der Waals surface area contributed by atoms with Crippen LogP contribution >= 0.6 is 11.6 Å². The van der Waals surface area contributed by atoms with Gasteiger partial charge in [-0.2, -0.15) is 0 Å². The number of nitrogens with one attached hydrogen (secondary N) is 1. The molecular weight excluding hydrogens is 326 g/mol. The topological polar surface area (TPSA) is 47.6 Å². The predicted octanol–water partition coefficient (Wildman–Crippen LogP) is 3.86. The second-order valence-electron chi connectivity index (χ2n) is 5.46. The molecule has 2 aromatic carbocycles. The summed E-state index contributed by atoms with van der Waals surface area (Å²) in [5.74, 6) is 1.30. The van der Waals surface area contributed by atoms with Crippen molar-refractivity contribution >= 4 is 17.5 Å². The Morgan fingerprint density at radius 2 is 1.92 bits per heavy atom. The Hall–Kier alpha value is -2.20. The predicted molar refractivity (Wildman–Crippen MR) is 95.9 cm³/mol. The van der Waals surface area contributed by atoms with Crippen molar-refractivity contribution in [1.82, 2.24) is 5.32 Å². The minimum absolute atomic E-state index is 0.135. The van der Waals surface area contributed by atoms with Gasteiger partial charge in [-0.05, 0) is 55.7 Å². The van der Waals surface area contributed by atoms with Gasteiger partial charge in [0.05, 0.1) is 7.11 Å². The van der Waals surface area contributed by atoms with E-state index in [4.69, 9.17) is 21.1 Å². The Bertz CT molecular complexity index is 658. The molecule has 1 N–H and O–H groups in total. The van der Waals surface area contributed by atoms with Gasteiger partial charge in [0.15, 0.2) is 6.10 Å². The van der Waals surface area contributed by atoms with Crippen LogP contribution in [-0.4, -0.2) is 25.7 Å². The van der Waals surface area contributed by atoms with Crippen LogP contribution in [0.2, 0.25) is 5.02 Å². The maximum Gasteiger partial charge on any atom is 0.260 e. The summed E-state index contributed by atoms with van der Waals surface area (Å²) in [5, 5.41) is 3.47. The van der Waals surface area contributed by atoms with Gasteiger partial charge in [0.25, 0.3) is 5.91 Å². The smallest absolute Gasteiger partial charge is 0.260 e. The van der Waals surface area contributed by atoms with Gasteiger partial charge < -0.3 is 14.8 Å². The molecule has 0 aliphatic heterocycles. The zero-order chi connectivity index (χ0) is 17.4. The molecule has 1 amide bonds. The molecule has 2 aromatic rings. The number of halogens is 1. The van der Waals surface area contributed by atoms with Crippen LogP contribution < -0.4 is 14.8 Å². The third-order valence-electron chi connectivity index (χ3n) is 3.58. The van der Waals surface area contributed by atoms with E-state index in [1.807, 2.05) is 24.3 Å². The maximum atomic E-state index is 12.0. The molecule has 0 radical (unpaired) electrons. The highest BCUT2D eigenvalue weighted by atomic mass is 35.5. The monoisotopic (exact) mass is 347 g/mol. The molecule has 2 rings (SSSR count). The van der Waals surface area contributed by atoms with Crippen LogP contribution in [0.25, 0.3) is 0 Å². The van der Waals surface area contributed by atoms with Crippen molar-refractivity contribution in [3.63, 3.8) is 0 Å². The number of carbonyl (C=O) groups is 1. The van der Waals surface area contributed by atoms with Crippen molar-refractivity contribution in [3.05, 3.63) is 59.1 Å². The van der Waals surface area contributed by atoms with Crippen LogP contribution in [0.3, 0.4) is 0 Å². The van der Waals surface area contributed by atoms with Crippen LogP contribution in [0.1, 0.15) is 18.9 Å². The summed E-state index contributed by atoms with van der Waals surface area (Å²) in [7, 11) is 1.65. The number of benzene rings is 2. The Morgan fingerprint density at radius 3 is 2.58 bits per heavy atom. The molecule has 0 aliphatic carbocycles. The van der Waals surface area contributed by atoms with Crippen LogP contribution in [0, 0.1) is 0 Å². The van der Waals surface area contributed by atoms with E-state index in [-0.39, 0.29) is 5.91 Å². The number of amides is 1. The highest BCUT2D eigenvalue weighted by molar-refractivity contribution is 6.30. The zero-order valence-corrected chi connectivity index (χ0v) is 14.7. The fourth-order valence-corrected chi connectivity index (χ4v) is 2.42. The van der Waals surface area contributed by atoms with Crippen molar-refractivity contribution in [2.45, 2.75) is 25.9 Å². The van der Waals surface area contributed by atoms with Gasteiger partial charge >= 0.3 is 0 Å². The maximum absolute atomic E-state index is 12.0. The molecule has 4 nitrogen and oxygen atoms in total. The minimum atomic E-state index is -0.565. The lowest BCUT2D eigenvalue weighted by atomic mass is 10.1. The molecule has 5 heteroatoms. The highest BCUT2D eigenvalue weighted by Crippen LogP contribution is 2.18. The lowest BCUT2D eigenvalue weighted by Gasteiger charge is -2.15. The van der Waals surface area contributed by atoms with E-state index in [0.717, 1.165) is 18.6 Å². The molecule has 0 heterocycles. The molecule has 0 aromatic heterocycles. The first-order valence-electron chi connectivity index (χ1n) is 7.91. The molecule has 0 unspecified atom stereocenters. The quantitative estimate of drug-likeness (QED) is 0.737. The van der Waals surface area contributed by atoms with Gasteiger partial charge in [-0.3, -0.25) is 4.79 Å². The van der Waals surface area contributed by atoms with E-state index in [9.17, 15) is 4.79 Å². The van der Waals surface area contributed by atoms with Crippen molar-refractivity contribution in [1.29, 1.82) is 0 Å². The summed E-state index contributed by atoms with van der Waals surface area (Å²) in [4.78, 5) is 12.0. The number of ether oxygens (including phenoxy) is 2. The number of carbonyl (C=O) groups excluding carboxylic acids is 1. The SMILES string of the molecule is COc1ccc(CCCNC(=O)[C@@H](C)Oc2cccc(Cl)c2)cc1. The Kier molecular flexibility index (Phi) is 6.94. The van der Waals surface area contributed by atoms with E-state index >= 15 is 0 Å². The van der Waals surface area contributed by atoms with Crippen molar-refractivity contribution in [2.75, 3.05) is 13.7 Å². The Balaban J connectivity index is 1.70. The molecule has 0 saturated heterocycles. The van der Waals surface area contributed by atoms with Crippen LogP contribution in [0.5, 0.6) is 11.5 Å². The molecule has 0 spiro atoms. The summed E-state index contributed by atoms with van der Waals surface area (Å²) in [6, 6.07) is 15.0. The molecule has 0 saturated carbocycles. The largest absolute Gasteiger partial charge is 0.497 e. The van der Waals surface area contributed by atoms with E-state index < -0.39 is 6.10 Å². The second kappa shape index (κ2) is 9.18. The van der Waals surface area contributed by atoms with E-state index in [2.05, 4.69) is 5.32 Å². The molecule has 128 valence electrons. The molecule has 0 bridgehead atoms. The van der Waals surface area contributed by atoms with Gasteiger partial charge in [-0.1, -0.05) is 29.8 Å². The van der Waals surface area contributed by atoms with Gasteiger partial charge in [0, 0.05) is 11.6 Å². The van der Waals surface area contributed by atoms with Crippen molar-refractivity contribution in [3.8, 4) is 11.5 Å². The van der Waals surface area contributed by atoms with Crippen LogP contribution in [0.4, 0.5) is 0 Å². The molecule has 0 fully saturated rings. The fraction of sp³-hybridized carbons (Fsp3) is 0.316. The van der Waals surface area contributed by atoms with Crippen molar-refractivity contribution < 1.29 is 14.3 Å². The first-order valence-corrected chi connectivity index (χ1v) is 8.29. The minimum Gasteiger partial charge on any atom is -0.497 e. The van der Waals surface area contributed by atoms with Crippen LogP contribution in [0.15, 0.2) is 48.5 Å². The lowest BCUT2D eigenvalue weighted by molar-refractivity contribution is -0.127. The third-order valence-corrected chi connectivity index (χ3v) is 3.81. The van der Waals surface area contributed by atoms with Crippen LogP contribution in [-0.2, 0) is 11.2 Å². The van der Waals surface area contributed by atoms with E-state index in [1.54, 1.807) is 38.3 Å². The average molecular weight is 348 g/mol. The summed E-state index contributed by atoms with van der Waals surface area (Å²) in [6.45, 7) is 2.33. The molecular formula is C19H22ClNO3. The number of rotatable bonds is 8. The second-order valence-corrected chi connectivity index (χ2v) is 5.90. The summed E-state index contributed by atoms with van der Waals surface area (Å²) < 4.78 is 10.7. The van der Waals surface area contributed by atoms with E-state index in [0.29, 0.717) is 17.3 Å². The first kappa shape index (κ1) is 18.1. The third kappa shape index (κ3) is 5.78. The molecule has 0 aliphatic rings. The average Bonchev–Trinajstić information content (AvgIpc) is 2.59. The van der Waals surface area contributed by atoms with E-state index in [1.165, 1.54) is 5.56 Å². The summed E-state index contributed by atoms with van der Waals surface area (Å²) >= 11 is 5.90.